The largest absolute Gasteiger partial charge is 0.497 e. The summed E-state index contributed by atoms with van der Waals surface area (Å²) < 4.78 is 5.22. The Morgan fingerprint density at radius 1 is 1.10 bits per heavy atom. The van der Waals surface area contributed by atoms with Crippen molar-refractivity contribution in [2.24, 2.45) is 0 Å². The minimum absolute atomic E-state index is 0.135. The molecule has 5 nitrogen and oxygen atoms in total. The molecule has 0 aliphatic carbocycles. The Labute approximate surface area is 192 Å². The van der Waals surface area contributed by atoms with E-state index in [4.69, 9.17) is 4.74 Å². The highest BCUT2D eigenvalue weighted by molar-refractivity contribution is 7.98. The van der Waals surface area contributed by atoms with E-state index in [1.807, 2.05) is 46.8 Å². The summed E-state index contributed by atoms with van der Waals surface area (Å²) in [6.07, 6.45) is 1.01. The van der Waals surface area contributed by atoms with Crippen molar-refractivity contribution in [3.05, 3.63) is 76.2 Å². The number of thioether (sulfide) groups is 1. The van der Waals surface area contributed by atoms with E-state index in [0.717, 1.165) is 66.8 Å². The van der Waals surface area contributed by atoms with E-state index >= 15 is 0 Å². The molecule has 1 fully saturated rings. The van der Waals surface area contributed by atoms with Crippen molar-refractivity contribution in [2.75, 3.05) is 39.8 Å². The Balaban J connectivity index is 1.29. The molecule has 2 heterocycles. The van der Waals surface area contributed by atoms with E-state index in [1.54, 1.807) is 30.2 Å². The van der Waals surface area contributed by atoms with Crippen molar-refractivity contribution in [1.29, 1.82) is 0 Å². The summed E-state index contributed by atoms with van der Waals surface area (Å²) in [6, 6.07) is 16.2. The molecule has 4 rings (SSSR count). The van der Waals surface area contributed by atoms with E-state index < -0.39 is 0 Å². The van der Waals surface area contributed by atoms with Crippen LogP contribution in [0.1, 0.15) is 21.6 Å². The smallest absolute Gasteiger partial charge is 0.255 e. The first-order valence-corrected chi connectivity index (χ1v) is 12.4. The molecule has 162 valence electrons. The Kier molecular flexibility index (Phi) is 7.61. The number of carbonyl (C=O) groups excluding carboxylic acids is 1. The molecule has 0 saturated carbocycles. The first kappa shape index (κ1) is 21.9. The fourth-order valence-electron chi connectivity index (χ4n) is 3.65. The number of hydrogen-bond acceptors (Lipinski definition) is 6. The van der Waals surface area contributed by atoms with Gasteiger partial charge in [0.15, 0.2) is 0 Å². The normalized spacial score (nSPS) is 14.5. The number of rotatable bonds is 8. The molecule has 1 amide bonds. The van der Waals surface area contributed by atoms with Crippen LogP contribution in [-0.2, 0) is 12.2 Å². The lowest BCUT2D eigenvalue weighted by atomic mass is 10.1. The number of methoxy groups -OCH3 is 1. The Morgan fingerprint density at radius 2 is 1.87 bits per heavy atom. The van der Waals surface area contributed by atoms with Crippen LogP contribution in [0, 0.1) is 0 Å². The first-order chi connectivity index (χ1) is 15.2. The molecule has 0 N–H and O–H groups in total. The Morgan fingerprint density at radius 3 is 2.58 bits per heavy atom. The summed E-state index contributed by atoms with van der Waals surface area (Å²) >= 11 is 3.29. The van der Waals surface area contributed by atoms with Gasteiger partial charge in [-0.1, -0.05) is 24.3 Å². The number of hydrogen-bond donors (Lipinski definition) is 0. The molecule has 7 heteroatoms. The average molecular weight is 454 g/mol. The van der Waals surface area contributed by atoms with Gasteiger partial charge in [0.05, 0.1) is 23.9 Å². The Hall–Kier alpha value is -2.35. The van der Waals surface area contributed by atoms with Crippen LogP contribution in [-0.4, -0.2) is 60.5 Å². The fourth-order valence-corrected chi connectivity index (χ4v) is 5.26. The Bertz CT molecular complexity index is 969. The maximum atomic E-state index is 13.2. The van der Waals surface area contributed by atoms with Gasteiger partial charge in [-0.05, 0) is 36.2 Å². The molecule has 0 radical (unpaired) electrons. The topological polar surface area (TPSA) is 45.7 Å². The van der Waals surface area contributed by atoms with Crippen molar-refractivity contribution < 1.29 is 9.53 Å². The molecule has 0 spiro atoms. The summed E-state index contributed by atoms with van der Waals surface area (Å²) in [7, 11) is 1.69. The maximum Gasteiger partial charge on any atom is 0.255 e. The van der Waals surface area contributed by atoms with Crippen molar-refractivity contribution in [3.8, 4) is 5.75 Å². The third-order valence-corrected chi connectivity index (χ3v) is 7.25. The number of amides is 1. The summed E-state index contributed by atoms with van der Waals surface area (Å²) in [5, 5.41) is 2.06. The van der Waals surface area contributed by atoms with Gasteiger partial charge >= 0.3 is 0 Å². The van der Waals surface area contributed by atoms with Crippen LogP contribution in [0.2, 0.25) is 0 Å². The van der Waals surface area contributed by atoms with Gasteiger partial charge in [0.1, 0.15) is 5.75 Å². The highest BCUT2D eigenvalue weighted by Crippen LogP contribution is 2.27. The molecule has 0 bridgehead atoms. The highest BCUT2D eigenvalue weighted by Gasteiger charge is 2.23. The molecular formula is C24H27N3O2S2. The second-order valence-electron chi connectivity index (χ2n) is 7.50. The first-order valence-electron chi connectivity index (χ1n) is 10.5. The zero-order valence-corrected chi connectivity index (χ0v) is 19.3. The lowest BCUT2D eigenvalue weighted by Crippen LogP contribution is -2.49. The second-order valence-corrected chi connectivity index (χ2v) is 9.23. The quantitative estimate of drug-likeness (QED) is 0.472. The summed E-state index contributed by atoms with van der Waals surface area (Å²) in [4.78, 5) is 23.0. The highest BCUT2D eigenvalue weighted by atomic mass is 32.2. The molecule has 1 aliphatic heterocycles. The van der Waals surface area contributed by atoms with Crippen molar-refractivity contribution >= 4 is 29.0 Å². The lowest BCUT2D eigenvalue weighted by Gasteiger charge is -2.35. The van der Waals surface area contributed by atoms with Crippen LogP contribution in [0.5, 0.6) is 5.75 Å². The van der Waals surface area contributed by atoms with Crippen LogP contribution in [0.15, 0.2) is 64.3 Å². The van der Waals surface area contributed by atoms with Gasteiger partial charge in [0.2, 0.25) is 0 Å². The van der Waals surface area contributed by atoms with Gasteiger partial charge in [-0.15, -0.1) is 23.1 Å². The van der Waals surface area contributed by atoms with E-state index in [1.165, 1.54) is 5.56 Å². The van der Waals surface area contributed by atoms with Crippen LogP contribution >= 0.6 is 23.1 Å². The van der Waals surface area contributed by atoms with Crippen LogP contribution < -0.4 is 4.74 Å². The summed E-state index contributed by atoms with van der Waals surface area (Å²) in [5.41, 5.74) is 5.02. The number of benzene rings is 2. The number of nitrogens with zero attached hydrogens (tertiary/aromatic N) is 3. The van der Waals surface area contributed by atoms with Gasteiger partial charge in [-0.2, -0.15) is 0 Å². The summed E-state index contributed by atoms with van der Waals surface area (Å²) in [5.74, 6) is 1.81. The standard InChI is InChI=1S/C24H27N3O2S2/c1-29-21-8-6-19(7-9-21)10-11-26-12-14-27(15-13-26)24(28)22-4-2-3-5-23(22)31-17-20-16-30-18-25-20/h2-9,16,18H,10-15,17H2,1H3. The van der Waals surface area contributed by atoms with Crippen LogP contribution in [0.25, 0.3) is 0 Å². The molecular weight excluding hydrogens is 426 g/mol. The lowest BCUT2D eigenvalue weighted by molar-refractivity contribution is 0.0635. The molecule has 2 aromatic carbocycles. The van der Waals surface area contributed by atoms with E-state index in [2.05, 4.69) is 27.4 Å². The molecule has 3 aromatic rings. The number of carbonyl (C=O) groups is 1. The van der Waals surface area contributed by atoms with Crippen molar-refractivity contribution in [3.63, 3.8) is 0 Å². The third kappa shape index (κ3) is 5.87. The predicted octanol–water partition coefficient (Wildman–Crippen LogP) is 4.44. The SMILES string of the molecule is COc1ccc(CCN2CCN(C(=O)c3ccccc3SCc3cscn3)CC2)cc1. The number of thiazole rings is 1. The van der Waals surface area contributed by atoms with Crippen LogP contribution in [0.3, 0.4) is 0 Å². The number of ether oxygens (including phenoxy) is 1. The maximum absolute atomic E-state index is 13.2. The second kappa shape index (κ2) is 10.8. The monoisotopic (exact) mass is 453 g/mol. The van der Waals surface area contributed by atoms with E-state index in [0.29, 0.717) is 0 Å². The van der Waals surface area contributed by atoms with Crippen LogP contribution in [0.4, 0.5) is 0 Å². The van der Waals surface area contributed by atoms with E-state index in [9.17, 15) is 4.79 Å². The molecule has 1 saturated heterocycles. The van der Waals surface area contributed by atoms with Gasteiger partial charge < -0.3 is 9.64 Å². The fraction of sp³-hybridized carbons (Fsp3) is 0.333. The summed E-state index contributed by atoms with van der Waals surface area (Å²) in [6.45, 7) is 4.37. The molecule has 0 atom stereocenters. The zero-order valence-electron chi connectivity index (χ0n) is 17.7. The predicted molar refractivity (Wildman–Crippen MR) is 127 cm³/mol. The molecule has 1 aliphatic rings. The zero-order chi connectivity index (χ0) is 21.5. The number of piperazine rings is 1. The molecule has 1 aromatic heterocycles. The van der Waals surface area contributed by atoms with Gasteiger partial charge in [0.25, 0.3) is 5.91 Å². The van der Waals surface area contributed by atoms with Gasteiger partial charge in [-0.25, -0.2) is 4.98 Å². The minimum atomic E-state index is 0.135. The van der Waals surface area contributed by atoms with E-state index in [-0.39, 0.29) is 5.91 Å². The minimum Gasteiger partial charge on any atom is -0.497 e. The van der Waals surface area contributed by atoms with Gasteiger partial charge in [-0.3, -0.25) is 9.69 Å². The average Bonchev–Trinajstić information content (AvgIpc) is 3.35. The third-order valence-electron chi connectivity index (χ3n) is 5.51. The van der Waals surface area contributed by atoms with Gasteiger partial charge in [0, 0.05) is 48.8 Å². The molecule has 31 heavy (non-hydrogen) atoms. The van der Waals surface area contributed by atoms with Crippen molar-refractivity contribution in [1.82, 2.24) is 14.8 Å². The van der Waals surface area contributed by atoms with Crippen molar-refractivity contribution in [2.45, 2.75) is 17.1 Å². The molecule has 0 unspecified atom stereocenters. The number of aromatic nitrogens is 1.